The second-order valence-corrected chi connectivity index (χ2v) is 6.59. The van der Waals surface area contributed by atoms with Crippen LogP contribution in [0.15, 0.2) is 18.2 Å². The van der Waals surface area contributed by atoms with Crippen molar-refractivity contribution in [3.63, 3.8) is 0 Å². The van der Waals surface area contributed by atoms with Gasteiger partial charge < -0.3 is 20.1 Å². The van der Waals surface area contributed by atoms with Crippen molar-refractivity contribution in [1.82, 2.24) is 10.6 Å². The summed E-state index contributed by atoms with van der Waals surface area (Å²) in [7, 11) is 1.64. The van der Waals surface area contributed by atoms with Crippen LogP contribution in [0.25, 0.3) is 0 Å². The molecule has 22 heavy (non-hydrogen) atoms. The van der Waals surface area contributed by atoms with Crippen LogP contribution in [0.4, 0.5) is 0 Å². The molecule has 1 saturated carbocycles. The first-order valence-electron chi connectivity index (χ1n) is 8.15. The number of benzene rings is 1. The molecule has 5 heteroatoms. The van der Waals surface area contributed by atoms with Gasteiger partial charge >= 0.3 is 0 Å². The van der Waals surface area contributed by atoms with Crippen LogP contribution < -0.4 is 15.4 Å². The molecule has 0 radical (unpaired) electrons. The molecule has 3 rings (SSSR count). The summed E-state index contributed by atoms with van der Waals surface area (Å²) < 4.78 is 10.8. The zero-order valence-corrected chi connectivity index (χ0v) is 13.9. The number of methoxy groups -OCH3 is 1. The molecule has 0 aromatic heterocycles. The molecule has 1 aliphatic heterocycles. The highest BCUT2D eigenvalue weighted by Crippen LogP contribution is 2.30. The first-order valence-corrected chi connectivity index (χ1v) is 8.52. The topological polar surface area (TPSA) is 42.5 Å². The minimum atomic E-state index is 0.494. The van der Waals surface area contributed by atoms with Crippen molar-refractivity contribution in [2.75, 3.05) is 26.9 Å². The number of rotatable bonds is 5. The third kappa shape index (κ3) is 3.74. The average molecular weight is 325 g/mol. The van der Waals surface area contributed by atoms with Crippen molar-refractivity contribution in [1.29, 1.82) is 0 Å². The smallest absolute Gasteiger partial charge is 0.137 e. The summed E-state index contributed by atoms with van der Waals surface area (Å²) in [6, 6.07) is 7.04. The fraction of sp³-hybridized carbons (Fsp3) is 0.647. The minimum Gasteiger partial charge on any atom is -0.495 e. The Balaban J connectivity index is 1.56. The SMILES string of the molecule is COc1ccc(CNC2CCCC2C2COCCN2)cc1Cl. The Morgan fingerprint density at radius 1 is 1.41 bits per heavy atom. The minimum absolute atomic E-state index is 0.494. The molecule has 3 unspecified atom stereocenters. The summed E-state index contributed by atoms with van der Waals surface area (Å²) in [5.74, 6) is 1.39. The van der Waals surface area contributed by atoms with Crippen LogP contribution in [0.5, 0.6) is 5.75 Å². The Hall–Kier alpha value is -0.810. The molecule has 2 aliphatic rings. The molecule has 0 bridgehead atoms. The highest BCUT2D eigenvalue weighted by molar-refractivity contribution is 6.32. The molecule has 3 atom stereocenters. The molecule has 1 aromatic rings. The number of halogens is 1. The lowest BCUT2D eigenvalue weighted by Gasteiger charge is -2.33. The van der Waals surface area contributed by atoms with Crippen molar-refractivity contribution < 1.29 is 9.47 Å². The van der Waals surface area contributed by atoms with Gasteiger partial charge in [0.05, 0.1) is 25.3 Å². The predicted octanol–water partition coefficient (Wildman–Crippen LogP) is 2.60. The maximum atomic E-state index is 6.20. The molecule has 1 saturated heterocycles. The lowest BCUT2D eigenvalue weighted by Crippen LogP contribution is -2.50. The Morgan fingerprint density at radius 2 is 2.32 bits per heavy atom. The van der Waals surface area contributed by atoms with Crippen molar-refractivity contribution >= 4 is 11.6 Å². The third-order valence-electron chi connectivity index (χ3n) is 4.82. The number of hydrogen-bond acceptors (Lipinski definition) is 4. The van der Waals surface area contributed by atoms with Crippen LogP contribution in [0, 0.1) is 5.92 Å². The predicted molar refractivity (Wildman–Crippen MR) is 88.6 cm³/mol. The Labute approximate surface area is 137 Å². The Morgan fingerprint density at radius 3 is 3.05 bits per heavy atom. The van der Waals surface area contributed by atoms with Gasteiger partial charge in [0.25, 0.3) is 0 Å². The summed E-state index contributed by atoms with van der Waals surface area (Å²) in [6.07, 6.45) is 3.82. The van der Waals surface area contributed by atoms with Gasteiger partial charge in [0, 0.05) is 25.2 Å². The van der Waals surface area contributed by atoms with E-state index in [1.807, 2.05) is 12.1 Å². The van der Waals surface area contributed by atoms with E-state index in [1.54, 1.807) is 7.11 Å². The molecular weight excluding hydrogens is 300 g/mol. The molecule has 1 heterocycles. The second kappa shape index (κ2) is 7.64. The van der Waals surface area contributed by atoms with Gasteiger partial charge in [0.2, 0.25) is 0 Å². The maximum Gasteiger partial charge on any atom is 0.137 e. The van der Waals surface area contributed by atoms with E-state index in [-0.39, 0.29) is 0 Å². The number of hydrogen-bond donors (Lipinski definition) is 2. The van der Waals surface area contributed by atoms with Crippen LogP contribution in [0.1, 0.15) is 24.8 Å². The largest absolute Gasteiger partial charge is 0.495 e. The van der Waals surface area contributed by atoms with E-state index < -0.39 is 0 Å². The number of nitrogens with one attached hydrogen (secondary N) is 2. The summed E-state index contributed by atoms with van der Waals surface area (Å²) in [5.41, 5.74) is 1.20. The zero-order chi connectivity index (χ0) is 15.4. The van der Waals surface area contributed by atoms with Crippen LogP contribution in [0.3, 0.4) is 0 Å². The molecule has 0 spiro atoms. The molecule has 122 valence electrons. The molecule has 2 fully saturated rings. The first-order chi connectivity index (χ1) is 10.8. The van der Waals surface area contributed by atoms with E-state index in [4.69, 9.17) is 21.1 Å². The van der Waals surface area contributed by atoms with Crippen molar-refractivity contribution in [3.05, 3.63) is 28.8 Å². The summed E-state index contributed by atoms with van der Waals surface area (Å²) in [4.78, 5) is 0. The normalized spacial score (nSPS) is 28.7. The molecule has 0 amide bonds. The highest BCUT2D eigenvalue weighted by atomic mass is 35.5. The molecular formula is C17H25ClN2O2. The van der Waals surface area contributed by atoms with E-state index in [0.717, 1.165) is 32.1 Å². The van der Waals surface area contributed by atoms with Crippen molar-refractivity contribution in [2.24, 2.45) is 5.92 Å². The van der Waals surface area contributed by atoms with E-state index in [2.05, 4.69) is 16.7 Å². The van der Waals surface area contributed by atoms with Crippen LogP contribution in [-0.2, 0) is 11.3 Å². The maximum absolute atomic E-state index is 6.20. The van der Waals surface area contributed by atoms with Crippen LogP contribution in [0.2, 0.25) is 5.02 Å². The van der Waals surface area contributed by atoms with E-state index >= 15 is 0 Å². The van der Waals surface area contributed by atoms with Gasteiger partial charge in [-0.2, -0.15) is 0 Å². The van der Waals surface area contributed by atoms with Gasteiger partial charge in [-0.05, 0) is 36.5 Å². The Kier molecular flexibility index (Phi) is 5.58. The average Bonchev–Trinajstić information content (AvgIpc) is 3.02. The first kappa shape index (κ1) is 16.1. The van der Waals surface area contributed by atoms with Crippen LogP contribution >= 0.6 is 11.6 Å². The van der Waals surface area contributed by atoms with Gasteiger partial charge in [-0.3, -0.25) is 0 Å². The summed E-state index contributed by atoms with van der Waals surface area (Å²) >= 11 is 6.20. The fourth-order valence-corrected chi connectivity index (χ4v) is 3.93. The van der Waals surface area contributed by atoms with Crippen molar-refractivity contribution in [3.8, 4) is 5.75 Å². The number of ether oxygens (including phenoxy) is 2. The van der Waals surface area contributed by atoms with Crippen molar-refractivity contribution in [2.45, 2.75) is 37.9 Å². The molecule has 4 nitrogen and oxygen atoms in total. The fourth-order valence-electron chi connectivity index (χ4n) is 3.65. The van der Waals surface area contributed by atoms with Gasteiger partial charge in [0.1, 0.15) is 5.75 Å². The lowest BCUT2D eigenvalue weighted by molar-refractivity contribution is 0.0524. The van der Waals surface area contributed by atoms with Gasteiger partial charge in [-0.15, -0.1) is 0 Å². The van der Waals surface area contributed by atoms with Crippen LogP contribution in [-0.4, -0.2) is 39.0 Å². The lowest BCUT2D eigenvalue weighted by atomic mass is 9.94. The second-order valence-electron chi connectivity index (χ2n) is 6.19. The Bertz CT molecular complexity index is 492. The third-order valence-corrected chi connectivity index (χ3v) is 5.12. The van der Waals surface area contributed by atoms with E-state index in [1.165, 1.54) is 24.8 Å². The van der Waals surface area contributed by atoms with Gasteiger partial charge in [-0.25, -0.2) is 0 Å². The molecule has 1 aromatic carbocycles. The van der Waals surface area contributed by atoms with Gasteiger partial charge in [-0.1, -0.05) is 24.1 Å². The summed E-state index contributed by atoms with van der Waals surface area (Å²) in [5, 5.41) is 8.00. The van der Waals surface area contributed by atoms with E-state index in [9.17, 15) is 0 Å². The summed E-state index contributed by atoms with van der Waals surface area (Å²) in [6.45, 7) is 3.50. The zero-order valence-electron chi connectivity index (χ0n) is 13.1. The number of morpholine rings is 1. The molecule has 1 aliphatic carbocycles. The highest BCUT2D eigenvalue weighted by Gasteiger charge is 2.34. The van der Waals surface area contributed by atoms with Gasteiger partial charge in [0.15, 0.2) is 0 Å². The standard InChI is InChI=1S/C17H25ClN2O2/c1-21-17-6-5-12(9-14(17)18)10-20-15-4-2-3-13(15)16-11-22-8-7-19-16/h5-6,9,13,15-16,19-20H,2-4,7-8,10-11H2,1H3. The monoisotopic (exact) mass is 324 g/mol. The quantitative estimate of drug-likeness (QED) is 0.873. The van der Waals surface area contributed by atoms with E-state index in [0.29, 0.717) is 23.0 Å². The molecule has 2 N–H and O–H groups in total.